The number of aromatic amines is 1. The molecule has 0 saturated carbocycles. The van der Waals surface area contributed by atoms with Crippen LogP contribution in [0.4, 0.5) is 13.2 Å². The molecule has 0 atom stereocenters. The molecule has 0 amide bonds. The van der Waals surface area contributed by atoms with Crippen LogP contribution in [0, 0.1) is 0 Å². The number of aromatic nitrogens is 2. The summed E-state index contributed by atoms with van der Waals surface area (Å²) >= 11 is 0. The second-order valence-electron chi connectivity index (χ2n) is 3.73. The van der Waals surface area contributed by atoms with E-state index in [1.807, 2.05) is 0 Å². The van der Waals surface area contributed by atoms with E-state index in [9.17, 15) is 18.0 Å². The Labute approximate surface area is 106 Å². The van der Waals surface area contributed by atoms with Crippen LogP contribution in [0.15, 0.2) is 30.5 Å². The minimum atomic E-state index is -4.44. The molecule has 0 spiro atoms. The molecule has 19 heavy (non-hydrogen) atoms. The third kappa shape index (κ3) is 2.59. The number of rotatable bonds is 2. The van der Waals surface area contributed by atoms with E-state index in [-0.39, 0.29) is 16.8 Å². The van der Waals surface area contributed by atoms with Crippen LogP contribution in [0.5, 0.6) is 0 Å². The summed E-state index contributed by atoms with van der Waals surface area (Å²) in [6.45, 7) is 0. The fourth-order valence-corrected chi connectivity index (χ4v) is 1.62. The summed E-state index contributed by atoms with van der Waals surface area (Å²) in [7, 11) is 1.19. The predicted molar refractivity (Wildman–Crippen MR) is 60.4 cm³/mol. The average Bonchev–Trinajstić information content (AvgIpc) is 2.86. The van der Waals surface area contributed by atoms with E-state index in [2.05, 4.69) is 14.9 Å². The third-order valence-electron chi connectivity index (χ3n) is 2.52. The van der Waals surface area contributed by atoms with E-state index in [1.165, 1.54) is 25.4 Å². The van der Waals surface area contributed by atoms with Crippen molar-refractivity contribution in [3.8, 4) is 11.3 Å². The predicted octanol–water partition coefficient (Wildman–Crippen LogP) is 2.88. The summed E-state index contributed by atoms with van der Waals surface area (Å²) in [6, 6.07) is 4.62. The van der Waals surface area contributed by atoms with Gasteiger partial charge >= 0.3 is 12.1 Å². The van der Waals surface area contributed by atoms with Crippen molar-refractivity contribution < 1.29 is 22.7 Å². The lowest BCUT2D eigenvalue weighted by Crippen LogP contribution is -2.05. The van der Waals surface area contributed by atoms with Gasteiger partial charge in [-0.3, -0.25) is 5.10 Å². The highest BCUT2D eigenvalue weighted by Gasteiger charge is 2.30. The molecule has 0 aliphatic carbocycles. The molecule has 1 N–H and O–H groups in total. The molecule has 2 rings (SSSR count). The van der Waals surface area contributed by atoms with Crippen molar-refractivity contribution in [1.29, 1.82) is 0 Å². The zero-order valence-corrected chi connectivity index (χ0v) is 9.78. The maximum absolute atomic E-state index is 12.6. The molecule has 0 unspecified atom stereocenters. The summed E-state index contributed by atoms with van der Waals surface area (Å²) in [6.07, 6.45) is -3.23. The van der Waals surface area contributed by atoms with Crippen LogP contribution in [0.3, 0.4) is 0 Å². The van der Waals surface area contributed by atoms with Crippen LogP contribution in [0.2, 0.25) is 0 Å². The van der Waals surface area contributed by atoms with Crippen LogP contribution in [0.1, 0.15) is 15.9 Å². The van der Waals surface area contributed by atoms with Gasteiger partial charge in [0, 0.05) is 5.56 Å². The van der Waals surface area contributed by atoms with Crippen LogP contribution >= 0.6 is 0 Å². The van der Waals surface area contributed by atoms with Gasteiger partial charge < -0.3 is 4.74 Å². The normalized spacial score (nSPS) is 11.4. The average molecular weight is 270 g/mol. The maximum Gasteiger partial charge on any atom is 0.416 e. The van der Waals surface area contributed by atoms with E-state index in [0.29, 0.717) is 0 Å². The number of nitrogens with one attached hydrogen (secondary N) is 1. The second kappa shape index (κ2) is 4.75. The van der Waals surface area contributed by atoms with Crippen molar-refractivity contribution in [2.75, 3.05) is 7.11 Å². The number of methoxy groups -OCH3 is 1. The van der Waals surface area contributed by atoms with Crippen LogP contribution in [-0.4, -0.2) is 23.3 Å². The Morgan fingerprint density at radius 2 is 2.11 bits per heavy atom. The number of benzene rings is 1. The summed E-state index contributed by atoms with van der Waals surface area (Å²) in [4.78, 5) is 11.4. The number of carbonyl (C=O) groups excluding carboxylic acids is 1. The molecule has 0 saturated heterocycles. The smallest absolute Gasteiger partial charge is 0.416 e. The summed E-state index contributed by atoms with van der Waals surface area (Å²) in [5.41, 5.74) is -0.303. The second-order valence-corrected chi connectivity index (χ2v) is 3.73. The first-order chi connectivity index (χ1) is 8.93. The van der Waals surface area contributed by atoms with Gasteiger partial charge in [0.1, 0.15) is 5.56 Å². The topological polar surface area (TPSA) is 55.0 Å². The number of hydrogen-bond acceptors (Lipinski definition) is 3. The first-order valence-corrected chi connectivity index (χ1v) is 5.23. The van der Waals surface area contributed by atoms with Crippen molar-refractivity contribution >= 4 is 5.97 Å². The molecule has 4 nitrogen and oxygen atoms in total. The van der Waals surface area contributed by atoms with Gasteiger partial charge in [0.2, 0.25) is 0 Å². The van der Waals surface area contributed by atoms with E-state index < -0.39 is 17.7 Å². The Balaban J connectivity index is 2.49. The molecule has 0 fully saturated rings. The van der Waals surface area contributed by atoms with E-state index >= 15 is 0 Å². The molecule has 0 aliphatic rings. The van der Waals surface area contributed by atoms with E-state index in [0.717, 1.165) is 12.1 Å². The monoisotopic (exact) mass is 270 g/mol. The van der Waals surface area contributed by atoms with E-state index in [4.69, 9.17) is 0 Å². The van der Waals surface area contributed by atoms with Gasteiger partial charge in [0.25, 0.3) is 0 Å². The summed E-state index contributed by atoms with van der Waals surface area (Å²) in [5.74, 6) is -0.666. The standard InChI is InChI=1S/C12H9F3N2O2/c1-19-11(18)9-6-16-17-10(9)7-3-2-4-8(5-7)12(13,14)15/h2-6H,1H3,(H,16,17). The van der Waals surface area contributed by atoms with Gasteiger partial charge in [-0.2, -0.15) is 18.3 Å². The minimum absolute atomic E-state index is 0.0850. The zero-order valence-electron chi connectivity index (χ0n) is 9.78. The number of halogens is 3. The Hall–Kier alpha value is -2.31. The SMILES string of the molecule is COC(=O)c1cn[nH]c1-c1cccc(C(F)(F)F)c1. The fourth-order valence-electron chi connectivity index (χ4n) is 1.62. The molecule has 2 aromatic rings. The van der Waals surface area contributed by atoms with Crippen molar-refractivity contribution in [3.63, 3.8) is 0 Å². The lowest BCUT2D eigenvalue weighted by atomic mass is 10.1. The Bertz CT molecular complexity index is 605. The number of hydrogen-bond donors (Lipinski definition) is 1. The number of nitrogens with zero attached hydrogens (tertiary/aromatic N) is 1. The van der Waals surface area contributed by atoms with Gasteiger partial charge in [-0.15, -0.1) is 0 Å². The number of ether oxygens (including phenoxy) is 1. The number of esters is 1. The Morgan fingerprint density at radius 1 is 1.37 bits per heavy atom. The zero-order chi connectivity index (χ0) is 14.0. The lowest BCUT2D eigenvalue weighted by Gasteiger charge is -2.08. The number of H-pyrrole nitrogens is 1. The molecule has 1 heterocycles. The third-order valence-corrected chi connectivity index (χ3v) is 2.52. The van der Waals surface area contributed by atoms with Crippen LogP contribution in [0.25, 0.3) is 11.3 Å². The first kappa shape index (κ1) is 13.1. The van der Waals surface area contributed by atoms with E-state index in [1.54, 1.807) is 0 Å². The molecule has 1 aromatic heterocycles. The number of carbonyl (C=O) groups is 1. The largest absolute Gasteiger partial charge is 0.465 e. The van der Waals surface area contributed by atoms with Gasteiger partial charge in [0.05, 0.1) is 24.6 Å². The molecule has 0 aliphatic heterocycles. The molecule has 1 aromatic carbocycles. The minimum Gasteiger partial charge on any atom is -0.465 e. The highest BCUT2D eigenvalue weighted by Crippen LogP contribution is 2.32. The maximum atomic E-state index is 12.6. The molecule has 0 radical (unpaired) electrons. The van der Waals surface area contributed by atoms with Crippen molar-refractivity contribution in [2.24, 2.45) is 0 Å². The Morgan fingerprint density at radius 3 is 2.74 bits per heavy atom. The molecule has 7 heteroatoms. The van der Waals surface area contributed by atoms with Crippen LogP contribution < -0.4 is 0 Å². The van der Waals surface area contributed by atoms with Crippen molar-refractivity contribution in [3.05, 3.63) is 41.6 Å². The van der Waals surface area contributed by atoms with Gasteiger partial charge in [-0.25, -0.2) is 4.79 Å². The molecular formula is C12H9F3N2O2. The molecular weight excluding hydrogens is 261 g/mol. The summed E-state index contributed by atoms with van der Waals surface area (Å²) < 4.78 is 42.4. The first-order valence-electron chi connectivity index (χ1n) is 5.23. The molecule has 100 valence electrons. The van der Waals surface area contributed by atoms with Crippen LogP contribution in [-0.2, 0) is 10.9 Å². The van der Waals surface area contributed by atoms with Crippen molar-refractivity contribution in [1.82, 2.24) is 10.2 Å². The highest BCUT2D eigenvalue weighted by molar-refractivity contribution is 5.95. The van der Waals surface area contributed by atoms with Gasteiger partial charge in [-0.1, -0.05) is 12.1 Å². The fraction of sp³-hybridized carbons (Fsp3) is 0.167. The molecule has 0 bridgehead atoms. The highest BCUT2D eigenvalue weighted by atomic mass is 19.4. The van der Waals surface area contributed by atoms with Gasteiger partial charge in [-0.05, 0) is 12.1 Å². The Kier molecular flexibility index (Phi) is 3.28. The lowest BCUT2D eigenvalue weighted by molar-refractivity contribution is -0.137. The number of alkyl halides is 3. The summed E-state index contributed by atoms with van der Waals surface area (Å²) in [5, 5.41) is 6.15. The van der Waals surface area contributed by atoms with Gasteiger partial charge in [0.15, 0.2) is 0 Å². The van der Waals surface area contributed by atoms with Crippen molar-refractivity contribution in [2.45, 2.75) is 6.18 Å². The quantitative estimate of drug-likeness (QED) is 0.854.